The van der Waals surface area contributed by atoms with Gasteiger partial charge in [-0.05, 0) is 42.9 Å². The Labute approximate surface area is 124 Å². The zero-order valence-electron chi connectivity index (χ0n) is 11.5. The first-order valence-electron chi connectivity index (χ1n) is 6.66. The Hall–Kier alpha value is -1.82. The second kappa shape index (κ2) is 7.09. The minimum Gasteiger partial charge on any atom is -0.497 e. The first kappa shape index (κ1) is 14.6. The maximum atomic E-state index is 11.4. The van der Waals surface area contributed by atoms with Crippen molar-refractivity contribution in [2.24, 2.45) is 0 Å². The summed E-state index contributed by atoms with van der Waals surface area (Å²) in [5, 5.41) is 6.75. The summed E-state index contributed by atoms with van der Waals surface area (Å²) in [6, 6.07) is 7.54. The van der Waals surface area contributed by atoms with Crippen molar-refractivity contribution in [3.8, 4) is 5.75 Å². The van der Waals surface area contributed by atoms with Crippen LogP contribution in [0, 0.1) is 0 Å². The van der Waals surface area contributed by atoms with Gasteiger partial charge in [0.1, 0.15) is 5.75 Å². The zero-order chi connectivity index (χ0) is 14.4. The predicted molar refractivity (Wildman–Crippen MR) is 83.0 cm³/mol. The number of likely N-dealkylation sites (tertiary alicyclic amines) is 1. The van der Waals surface area contributed by atoms with Gasteiger partial charge in [-0.2, -0.15) is 0 Å². The minimum atomic E-state index is 0.237. The van der Waals surface area contributed by atoms with Crippen LogP contribution in [-0.4, -0.2) is 42.7 Å². The van der Waals surface area contributed by atoms with Crippen LogP contribution in [0.1, 0.15) is 12.8 Å². The smallest absolute Gasteiger partial charge is 0.222 e. The largest absolute Gasteiger partial charge is 0.497 e. The van der Waals surface area contributed by atoms with E-state index >= 15 is 0 Å². The number of rotatable bonds is 5. The molecule has 0 aromatic heterocycles. The normalized spacial score (nSPS) is 14.2. The van der Waals surface area contributed by atoms with Gasteiger partial charge >= 0.3 is 0 Å². The second-order valence-corrected chi connectivity index (χ2v) is 5.00. The summed E-state index contributed by atoms with van der Waals surface area (Å²) in [4.78, 5) is 13.3. The Balaban J connectivity index is 1.70. The summed E-state index contributed by atoms with van der Waals surface area (Å²) >= 11 is 5.21. The Bertz CT molecular complexity index is 476. The lowest BCUT2D eigenvalue weighted by molar-refractivity contribution is -0.127. The molecule has 1 saturated heterocycles. The van der Waals surface area contributed by atoms with Crippen molar-refractivity contribution in [2.45, 2.75) is 12.8 Å². The molecule has 2 rings (SSSR count). The summed E-state index contributed by atoms with van der Waals surface area (Å²) in [6.45, 7) is 2.22. The van der Waals surface area contributed by atoms with Crippen LogP contribution in [-0.2, 0) is 4.79 Å². The van der Waals surface area contributed by atoms with Gasteiger partial charge in [-0.1, -0.05) is 0 Å². The topological polar surface area (TPSA) is 53.6 Å². The molecule has 0 aliphatic carbocycles. The van der Waals surface area contributed by atoms with Crippen LogP contribution in [0.5, 0.6) is 5.75 Å². The van der Waals surface area contributed by atoms with E-state index in [2.05, 4.69) is 10.6 Å². The number of hydrogen-bond donors (Lipinski definition) is 2. The molecule has 1 aromatic rings. The van der Waals surface area contributed by atoms with E-state index < -0.39 is 0 Å². The van der Waals surface area contributed by atoms with E-state index in [0.717, 1.165) is 24.4 Å². The van der Waals surface area contributed by atoms with Crippen LogP contribution >= 0.6 is 12.2 Å². The molecule has 1 fully saturated rings. The molecular formula is C14H19N3O2S. The fourth-order valence-corrected chi connectivity index (χ4v) is 2.31. The van der Waals surface area contributed by atoms with Crippen LogP contribution in [0.2, 0.25) is 0 Å². The molecule has 1 aliphatic heterocycles. The van der Waals surface area contributed by atoms with Crippen molar-refractivity contribution in [3.63, 3.8) is 0 Å². The van der Waals surface area contributed by atoms with Crippen molar-refractivity contribution in [1.29, 1.82) is 0 Å². The SMILES string of the molecule is COc1ccc(NC(=S)NCCN2CCCC2=O)cc1. The van der Waals surface area contributed by atoms with E-state index in [1.165, 1.54) is 0 Å². The highest BCUT2D eigenvalue weighted by molar-refractivity contribution is 7.80. The highest BCUT2D eigenvalue weighted by Gasteiger charge is 2.19. The summed E-state index contributed by atoms with van der Waals surface area (Å²) in [7, 11) is 1.63. The van der Waals surface area contributed by atoms with Crippen molar-refractivity contribution < 1.29 is 9.53 Å². The lowest BCUT2D eigenvalue weighted by Crippen LogP contribution is -2.37. The van der Waals surface area contributed by atoms with E-state index in [-0.39, 0.29) is 5.91 Å². The molecule has 2 N–H and O–H groups in total. The lowest BCUT2D eigenvalue weighted by atomic mass is 10.3. The molecule has 0 bridgehead atoms. The number of thiocarbonyl (C=S) groups is 1. The average molecular weight is 293 g/mol. The Morgan fingerprint density at radius 3 is 2.75 bits per heavy atom. The number of anilines is 1. The quantitative estimate of drug-likeness (QED) is 0.808. The molecule has 1 aliphatic rings. The molecular weight excluding hydrogens is 274 g/mol. The van der Waals surface area contributed by atoms with E-state index in [4.69, 9.17) is 17.0 Å². The van der Waals surface area contributed by atoms with Crippen molar-refractivity contribution in [3.05, 3.63) is 24.3 Å². The molecule has 5 nitrogen and oxygen atoms in total. The van der Waals surface area contributed by atoms with E-state index in [0.29, 0.717) is 24.6 Å². The Morgan fingerprint density at radius 1 is 1.40 bits per heavy atom. The van der Waals surface area contributed by atoms with Gasteiger partial charge in [0.15, 0.2) is 5.11 Å². The van der Waals surface area contributed by atoms with E-state index in [1.54, 1.807) is 7.11 Å². The molecule has 1 amide bonds. The zero-order valence-corrected chi connectivity index (χ0v) is 12.3. The lowest BCUT2D eigenvalue weighted by Gasteiger charge is -2.17. The molecule has 108 valence electrons. The monoisotopic (exact) mass is 293 g/mol. The summed E-state index contributed by atoms with van der Waals surface area (Å²) in [5.74, 6) is 1.04. The molecule has 0 radical (unpaired) electrons. The van der Waals surface area contributed by atoms with Crippen LogP contribution < -0.4 is 15.4 Å². The van der Waals surface area contributed by atoms with Crippen LogP contribution in [0.3, 0.4) is 0 Å². The third-order valence-electron chi connectivity index (χ3n) is 3.19. The predicted octanol–water partition coefficient (Wildman–Crippen LogP) is 1.60. The number of methoxy groups -OCH3 is 1. The molecule has 0 spiro atoms. The van der Waals surface area contributed by atoms with Gasteiger partial charge < -0.3 is 20.3 Å². The third-order valence-corrected chi connectivity index (χ3v) is 3.43. The molecule has 0 atom stereocenters. The maximum Gasteiger partial charge on any atom is 0.222 e. The van der Waals surface area contributed by atoms with Crippen LogP contribution in [0.15, 0.2) is 24.3 Å². The number of amides is 1. The average Bonchev–Trinajstić information content (AvgIpc) is 2.85. The number of carbonyl (C=O) groups excluding carboxylic acids is 1. The van der Waals surface area contributed by atoms with Gasteiger partial charge in [-0.25, -0.2) is 0 Å². The van der Waals surface area contributed by atoms with Gasteiger partial charge in [0, 0.05) is 31.7 Å². The number of carbonyl (C=O) groups is 1. The van der Waals surface area contributed by atoms with E-state index in [9.17, 15) is 4.79 Å². The highest BCUT2D eigenvalue weighted by Crippen LogP contribution is 2.14. The Morgan fingerprint density at radius 2 is 2.15 bits per heavy atom. The van der Waals surface area contributed by atoms with Gasteiger partial charge in [0.2, 0.25) is 5.91 Å². The number of ether oxygens (including phenoxy) is 1. The fourth-order valence-electron chi connectivity index (χ4n) is 2.09. The van der Waals surface area contributed by atoms with Crippen LogP contribution in [0.25, 0.3) is 0 Å². The number of nitrogens with one attached hydrogen (secondary N) is 2. The van der Waals surface area contributed by atoms with Gasteiger partial charge in [0.05, 0.1) is 7.11 Å². The molecule has 6 heteroatoms. The molecule has 20 heavy (non-hydrogen) atoms. The highest BCUT2D eigenvalue weighted by atomic mass is 32.1. The van der Waals surface area contributed by atoms with Crippen molar-refractivity contribution in [1.82, 2.24) is 10.2 Å². The summed E-state index contributed by atoms with van der Waals surface area (Å²) < 4.78 is 5.09. The Kier molecular flexibility index (Phi) is 5.17. The second-order valence-electron chi connectivity index (χ2n) is 4.59. The molecule has 1 aromatic carbocycles. The first-order valence-corrected chi connectivity index (χ1v) is 7.06. The number of benzene rings is 1. The van der Waals surface area contributed by atoms with E-state index in [1.807, 2.05) is 29.2 Å². The fraction of sp³-hybridized carbons (Fsp3) is 0.429. The van der Waals surface area contributed by atoms with Gasteiger partial charge in [-0.15, -0.1) is 0 Å². The van der Waals surface area contributed by atoms with Crippen molar-refractivity contribution >= 4 is 28.9 Å². The standard InChI is InChI=1S/C14H19N3O2S/c1-19-12-6-4-11(5-7-12)16-14(20)15-8-10-17-9-2-3-13(17)18/h4-7H,2-3,8-10H2,1H3,(H2,15,16,20). The minimum absolute atomic E-state index is 0.237. The van der Waals surface area contributed by atoms with Gasteiger partial charge in [0.25, 0.3) is 0 Å². The summed E-state index contributed by atoms with van der Waals surface area (Å²) in [5.41, 5.74) is 0.903. The van der Waals surface area contributed by atoms with Crippen LogP contribution in [0.4, 0.5) is 5.69 Å². The summed E-state index contributed by atoms with van der Waals surface area (Å²) in [6.07, 6.45) is 1.64. The molecule has 1 heterocycles. The maximum absolute atomic E-state index is 11.4. The third kappa shape index (κ3) is 4.09. The molecule has 0 saturated carbocycles. The van der Waals surface area contributed by atoms with Gasteiger partial charge in [-0.3, -0.25) is 4.79 Å². The van der Waals surface area contributed by atoms with Crippen molar-refractivity contribution in [2.75, 3.05) is 32.1 Å². The number of hydrogen-bond acceptors (Lipinski definition) is 3. The number of nitrogens with zero attached hydrogens (tertiary/aromatic N) is 1. The first-order chi connectivity index (χ1) is 9.69. The molecule has 0 unspecified atom stereocenters.